The maximum atomic E-state index is 13.6. The van der Waals surface area contributed by atoms with E-state index in [0.717, 1.165) is 29.4 Å². The van der Waals surface area contributed by atoms with Gasteiger partial charge in [0.05, 0.1) is 45.4 Å². The SMILES string of the molecule is Cc1nn(C2CCS(=O)(=O)C2)c2nc(C3CC3)cc(C(=O)Nc3cccc4cccnc34)c12. The fraction of sp³-hybridized carbons (Fsp3) is 0.333. The zero-order chi connectivity index (χ0) is 22.7. The van der Waals surface area contributed by atoms with Crippen LogP contribution in [-0.2, 0) is 9.84 Å². The monoisotopic (exact) mass is 461 g/mol. The maximum absolute atomic E-state index is 13.6. The van der Waals surface area contributed by atoms with E-state index in [9.17, 15) is 13.2 Å². The molecule has 4 heterocycles. The fourth-order valence-electron chi connectivity index (χ4n) is 4.72. The summed E-state index contributed by atoms with van der Waals surface area (Å²) in [6.45, 7) is 1.84. The van der Waals surface area contributed by atoms with Crippen molar-refractivity contribution in [2.75, 3.05) is 16.8 Å². The Morgan fingerprint density at radius 3 is 2.73 bits per heavy atom. The molecule has 0 bridgehead atoms. The second-order valence-electron chi connectivity index (χ2n) is 8.99. The van der Waals surface area contributed by atoms with E-state index in [1.165, 1.54) is 0 Å². The lowest BCUT2D eigenvalue weighted by atomic mass is 10.1. The third kappa shape index (κ3) is 3.56. The summed E-state index contributed by atoms with van der Waals surface area (Å²) in [7, 11) is -3.08. The predicted octanol–water partition coefficient (Wildman–Crippen LogP) is 3.78. The molecule has 33 heavy (non-hydrogen) atoms. The van der Waals surface area contributed by atoms with Crippen molar-refractivity contribution in [1.29, 1.82) is 0 Å². The van der Waals surface area contributed by atoms with Gasteiger partial charge >= 0.3 is 0 Å². The van der Waals surface area contributed by atoms with Crippen LogP contribution in [0.25, 0.3) is 21.9 Å². The number of carbonyl (C=O) groups is 1. The van der Waals surface area contributed by atoms with Crippen molar-refractivity contribution in [3.8, 4) is 0 Å². The summed E-state index contributed by atoms with van der Waals surface area (Å²) in [5.41, 5.74) is 4.02. The normalized spacial score (nSPS) is 19.8. The highest BCUT2D eigenvalue weighted by atomic mass is 32.2. The summed E-state index contributed by atoms with van der Waals surface area (Å²) in [4.78, 5) is 22.9. The third-order valence-electron chi connectivity index (χ3n) is 6.53. The van der Waals surface area contributed by atoms with Crippen LogP contribution in [0.3, 0.4) is 0 Å². The first-order valence-electron chi connectivity index (χ1n) is 11.1. The van der Waals surface area contributed by atoms with Crippen LogP contribution in [0.1, 0.15) is 53.0 Å². The quantitative estimate of drug-likeness (QED) is 0.496. The minimum absolute atomic E-state index is 0.0573. The Hall–Kier alpha value is -3.33. The van der Waals surface area contributed by atoms with Crippen LogP contribution < -0.4 is 5.32 Å². The lowest BCUT2D eigenvalue weighted by molar-refractivity contribution is 0.102. The van der Waals surface area contributed by atoms with Crippen LogP contribution in [0.2, 0.25) is 0 Å². The smallest absolute Gasteiger partial charge is 0.256 e. The molecule has 1 unspecified atom stereocenters. The fourth-order valence-corrected chi connectivity index (χ4v) is 6.41. The number of aryl methyl sites for hydroxylation is 1. The Morgan fingerprint density at radius 1 is 1.15 bits per heavy atom. The molecule has 3 aromatic heterocycles. The first kappa shape index (κ1) is 20.3. The Balaban J connectivity index is 1.47. The zero-order valence-corrected chi connectivity index (χ0v) is 19.0. The molecular weight excluding hydrogens is 438 g/mol. The molecule has 1 aromatic carbocycles. The molecule has 1 aliphatic carbocycles. The van der Waals surface area contributed by atoms with E-state index >= 15 is 0 Å². The van der Waals surface area contributed by atoms with Crippen LogP contribution in [-0.4, -0.2) is 45.6 Å². The van der Waals surface area contributed by atoms with Gasteiger partial charge in [0.2, 0.25) is 0 Å². The van der Waals surface area contributed by atoms with Crippen molar-refractivity contribution in [2.45, 2.75) is 38.1 Å². The molecule has 0 radical (unpaired) electrons. The van der Waals surface area contributed by atoms with Crippen molar-refractivity contribution >= 4 is 43.4 Å². The average Bonchev–Trinajstić information content (AvgIpc) is 3.52. The molecule has 168 valence electrons. The van der Waals surface area contributed by atoms with Gasteiger partial charge in [-0.3, -0.25) is 9.78 Å². The number of hydrogen-bond donors (Lipinski definition) is 1. The summed E-state index contributed by atoms with van der Waals surface area (Å²) < 4.78 is 25.9. The van der Waals surface area contributed by atoms with Crippen molar-refractivity contribution in [3.05, 3.63) is 59.5 Å². The number of anilines is 1. The summed E-state index contributed by atoms with van der Waals surface area (Å²) >= 11 is 0. The number of benzene rings is 1. The molecule has 4 aromatic rings. The first-order chi connectivity index (χ1) is 15.9. The van der Waals surface area contributed by atoms with Crippen LogP contribution in [0.4, 0.5) is 5.69 Å². The first-order valence-corrected chi connectivity index (χ1v) is 13.0. The van der Waals surface area contributed by atoms with Crippen LogP contribution >= 0.6 is 0 Å². The molecule has 1 saturated carbocycles. The van der Waals surface area contributed by atoms with E-state index in [4.69, 9.17) is 4.98 Å². The van der Waals surface area contributed by atoms with Crippen LogP contribution in [0, 0.1) is 6.92 Å². The van der Waals surface area contributed by atoms with E-state index < -0.39 is 9.84 Å². The van der Waals surface area contributed by atoms with Crippen LogP contribution in [0.15, 0.2) is 42.6 Å². The number of sulfone groups is 1. The Bertz CT molecular complexity index is 1530. The number of pyridine rings is 2. The second-order valence-corrected chi connectivity index (χ2v) is 11.2. The van der Waals surface area contributed by atoms with Gasteiger partial charge in [-0.05, 0) is 44.4 Å². The number of carbonyl (C=O) groups excluding carboxylic acids is 1. The Kier molecular flexibility index (Phi) is 4.52. The average molecular weight is 462 g/mol. The lowest BCUT2D eigenvalue weighted by Gasteiger charge is -2.12. The number of aromatic nitrogens is 4. The predicted molar refractivity (Wildman–Crippen MR) is 126 cm³/mol. The van der Waals surface area contributed by atoms with Gasteiger partial charge < -0.3 is 5.32 Å². The van der Waals surface area contributed by atoms with E-state index in [-0.39, 0.29) is 23.5 Å². The summed E-state index contributed by atoms with van der Waals surface area (Å²) in [6, 6.07) is 11.1. The largest absolute Gasteiger partial charge is 0.320 e. The highest BCUT2D eigenvalue weighted by molar-refractivity contribution is 7.91. The molecule has 1 aliphatic heterocycles. The molecule has 1 amide bonds. The molecule has 9 heteroatoms. The molecule has 8 nitrogen and oxygen atoms in total. The van der Waals surface area contributed by atoms with E-state index in [1.54, 1.807) is 10.9 Å². The van der Waals surface area contributed by atoms with Gasteiger partial charge in [0.25, 0.3) is 5.91 Å². The minimum atomic E-state index is -3.08. The van der Waals surface area contributed by atoms with E-state index in [0.29, 0.717) is 40.3 Å². The molecular formula is C24H23N5O3S. The van der Waals surface area contributed by atoms with Crippen molar-refractivity contribution in [3.63, 3.8) is 0 Å². The highest BCUT2D eigenvalue weighted by Gasteiger charge is 2.34. The van der Waals surface area contributed by atoms with Gasteiger partial charge in [-0.1, -0.05) is 18.2 Å². The number of nitrogens with one attached hydrogen (secondary N) is 1. The molecule has 1 atom stereocenters. The van der Waals surface area contributed by atoms with Gasteiger partial charge in [-0.25, -0.2) is 18.1 Å². The number of hydrogen-bond acceptors (Lipinski definition) is 6. The Morgan fingerprint density at radius 2 is 1.97 bits per heavy atom. The topological polar surface area (TPSA) is 107 Å². The molecule has 6 rings (SSSR count). The van der Waals surface area contributed by atoms with E-state index in [2.05, 4.69) is 15.4 Å². The molecule has 2 aliphatic rings. The molecule has 0 spiro atoms. The number of rotatable bonds is 4. The van der Waals surface area contributed by atoms with Gasteiger partial charge in [-0.15, -0.1) is 0 Å². The van der Waals surface area contributed by atoms with Crippen molar-refractivity contribution in [2.24, 2.45) is 0 Å². The summed E-state index contributed by atoms with van der Waals surface area (Å²) in [6.07, 6.45) is 4.30. The number of amides is 1. The van der Waals surface area contributed by atoms with Crippen molar-refractivity contribution in [1.82, 2.24) is 19.7 Å². The summed E-state index contributed by atoms with van der Waals surface area (Å²) in [5, 5.41) is 9.31. The van der Waals surface area contributed by atoms with Crippen molar-refractivity contribution < 1.29 is 13.2 Å². The maximum Gasteiger partial charge on any atom is 0.256 e. The van der Waals surface area contributed by atoms with E-state index in [1.807, 2.05) is 43.3 Å². The van der Waals surface area contributed by atoms with Gasteiger partial charge in [0.15, 0.2) is 15.5 Å². The minimum Gasteiger partial charge on any atom is -0.320 e. The van der Waals surface area contributed by atoms with Gasteiger partial charge in [0, 0.05) is 23.2 Å². The molecule has 1 N–H and O–H groups in total. The Labute approximate surface area is 191 Å². The lowest BCUT2D eigenvalue weighted by Crippen LogP contribution is -2.15. The number of para-hydroxylation sites is 1. The summed E-state index contributed by atoms with van der Waals surface area (Å²) in [5.74, 6) is 0.295. The van der Waals surface area contributed by atoms with Crippen LogP contribution in [0.5, 0.6) is 0 Å². The standard InChI is InChI=1S/C24H23N5O3S/c1-14-21-18(24(30)27-19-6-2-4-16-5-3-10-25-22(16)19)12-20(15-7-8-15)26-23(21)29(28-14)17-9-11-33(31,32)13-17/h2-6,10,12,15,17H,7-9,11,13H2,1H3,(H,27,30). The molecule has 1 saturated heterocycles. The highest BCUT2D eigenvalue weighted by Crippen LogP contribution is 2.41. The third-order valence-corrected chi connectivity index (χ3v) is 8.28. The zero-order valence-electron chi connectivity index (χ0n) is 18.2. The van der Waals surface area contributed by atoms with Gasteiger partial charge in [0.1, 0.15) is 0 Å². The number of fused-ring (bicyclic) bond motifs is 2. The van der Waals surface area contributed by atoms with Gasteiger partial charge in [-0.2, -0.15) is 5.10 Å². The molecule has 2 fully saturated rings. The number of nitrogens with zero attached hydrogens (tertiary/aromatic N) is 4. The second kappa shape index (κ2) is 7.34.